The third-order valence-electron chi connectivity index (χ3n) is 7.15. The zero-order valence-corrected chi connectivity index (χ0v) is 18.1. The molecular formula is C24H36N2O3. The Labute approximate surface area is 174 Å². The molecule has 160 valence electrons. The van der Waals surface area contributed by atoms with Crippen LogP contribution in [0.2, 0.25) is 0 Å². The Hall–Kier alpha value is -1.59. The van der Waals surface area contributed by atoms with Crippen LogP contribution in [0.25, 0.3) is 0 Å². The molecule has 1 saturated carbocycles. The first kappa shape index (κ1) is 20.7. The Kier molecular flexibility index (Phi) is 5.90. The summed E-state index contributed by atoms with van der Waals surface area (Å²) in [5.74, 6) is -0.483. The highest BCUT2D eigenvalue weighted by atomic mass is 16.5. The number of carbonyl (C=O) groups is 1. The fourth-order valence-electron chi connectivity index (χ4n) is 5.91. The van der Waals surface area contributed by atoms with E-state index in [9.17, 15) is 9.90 Å². The highest BCUT2D eigenvalue weighted by molar-refractivity contribution is 5.71. The van der Waals surface area contributed by atoms with Gasteiger partial charge in [0.15, 0.2) is 0 Å². The van der Waals surface area contributed by atoms with Crippen molar-refractivity contribution in [1.29, 1.82) is 0 Å². The number of hydrogen-bond donors (Lipinski definition) is 2. The van der Waals surface area contributed by atoms with Gasteiger partial charge in [0, 0.05) is 42.6 Å². The summed E-state index contributed by atoms with van der Waals surface area (Å²) in [6.45, 7) is 8.35. The average Bonchev–Trinajstić information content (AvgIpc) is 3.15. The second kappa shape index (κ2) is 8.27. The summed E-state index contributed by atoms with van der Waals surface area (Å²) in [6.07, 6.45) is 6.45. The molecule has 4 atom stereocenters. The van der Waals surface area contributed by atoms with Crippen molar-refractivity contribution in [3.63, 3.8) is 0 Å². The number of piperidine rings is 1. The van der Waals surface area contributed by atoms with Gasteiger partial charge in [-0.25, -0.2) is 0 Å². The van der Waals surface area contributed by atoms with Crippen molar-refractivity contribution in [3.8, 4) is 0 Å². The second-order valence-electron chi connectivity index (χ2n) is 10.1. The summed E-state index contributed by atoms with van der Waals surface area (Å²) < 4.78 is 5.45. The molecule has 2 aliphatic heterocycles. The van der Waals surface area contributed by atoms with Gasteiger partial charge in [-0.05, 0) is 76.5 Å². The van der Waals surface area contributed by atoms with E-state index in [1.807, 2.05) is 0 Å². The van der Waals surface area contributed by atoms with E-state index in [-0.39, 0.29) is 17.5 Å². The normalized spacial score (nSPS) is 31.4. The van der Waals surface area contributed by atoms with Crippen molar-refractivity contribution in [2.24, 2.45) is 11.8 Å². The SMILES string of the molecule is CC(C)(C)N1C2CCCC2CC(C(=O)O)C1c1ccc(NC2CCOCC2)cc1. The van der Waals surface area contributed by atoms with Crippen LogP contribution in [-0.4, -0.2) is 46.8 Å². The first-order valence-corrected chi connectivity index (χ1v) is 11.3. The molecule has 1 aliphatic carbocycles. The molecule has 2 saturated heterocycles. The molecule has 5 heteroatoms. The van der Waals surface area contributed by atoms with E-state index in [0.29, 0.717) is 18.0 Å². The standard InChI is InChI=1S/C24H36N2O3/c1-24(2,3)26-21-6-4-5-17(21)15-20(23(27)28)22(26)16-7-9-18(10-8-16)25-19-11-13-29-14-12-19/h7-10,17,19-22,25H,4-6,11-15H2,1-3H3,(H,27,28). The summed E-state index contributed by atoms with van der Waals surface area (Å²) in [5, 5.41) is 13.7. The minimum absolute atomic E-state index is 0.0644. The molecule has 0 amide bonds. The number of rotatable bonds is 4. The summed E-state index contributed by atoms with van der Waals surface area (Å²) >= 11 is 0. The van der Waals surface area contributed by atoms with Crippen LogP contribution >= 0.6 is 0 Å². The molecule has 1 aromatic rings. The van der Waals surface area contributed by atoms with E-state index < -0.39 is 5.97 Å². The quantitative estimate of drug-likeness (QED) is 0.768. The van der Waals surface area contributed by atoms with E-state index in [1.165, 1.54) is 19.3 Å². The van der Waals surface area contributed by atoms with Crippen molar-refractivity contribution in [3.05, 3.63) is 29.8 Å². The number of aliphatic carboxylic acids is 1. The molecule has 1 aromatic carbocycles. The number of anilines is 1. The van der Waals surface area contributed by atoms with Gasteiger partial charge in [-0.1, -0.05) is 18.6 Å². The fourth-order valence-corrected chi connectivity index (χ4v) is 5.91. The van der Waals surface area contributed by atoms with Crippen LogP contribution in [0.3, 0.4) is 0 Å². The van der Waals surface area contributed by atoms with E-state index >= 15 is 0 Å². The van der Waals surface area contributed by atoms with Crippen LogP contribution in [0.15, 0.2) is 24.3 Å². The lowest BCUT2D eigenvalue weighted by molar-refractivity contribution is -0.152. The monoisotopic (exact) mass is 400 g/mol. The molecule has 2 heterocycles. The first-order valence-electron chi connectivity index (χ1n) is 11.3. The van der Waals surface area contributed by atoms with Crippen molar-refractivity contribution in [1.82, 2.24) is 4.90 Å². The topological polar surface area (TPSA) is 61.8 Å². The molecule has 2 N–H and O–H groups in total. The van der Waals surface area contributed by atoms with Gasteiger partial charge in [0.1, 0.15) is 0 Å². The Morgan fingerprint density at radius 2 is 1.79 bits per heavy atom. The number of carboxylic acid groups (broad SMARTS) is 1. The lowest BCUT2D eigenvalue weighted by Gasteiger charge is -2.53. The van der Waals surface area contributed by atoms with Crippen LogP contribution in [0.5, 0.6) is 0 Å². The molecular weight excluding hydrogens is 364 g/mol. The zero-order valence-electron chi connectivity index (χ0n) is 18.1. The Morgan fingerprint density at radius 1 is 1.10 bits per heavy atom. The molecule has 4 unspecified atom stereocenters. The lowest BCUT2D eigenvalue weighted by Crippen LogP contribution is -2.57. The molecule has 0 bridgehead atoms. The number of hydrogen-bond acceptors (Lipinski definition) is 4. The maximum atomic E-state index is 12.3. The van der Waals surface area contributed by atoms with Crippen LogP contribution < -0.4 is 5.32 Å². The van der Waals surface area contributed by atoms with Gasteiger partial charge in [-0.3, -0.25) is 9.69 Å². The van der Waals surface area contributed by atoms with Gasteiger partial charge >= 0.3 is 5.97 Å². The lowest BCUT2D eigenvalue weighted by atomic mass is 9.74. The van der Waals surface area contributed by atoms with E-state index in [4.69, 9.17) is 4.74 Å². The van der Waals surface area contributed by atoms with Gasteiger partial charge in [0.05, 0.1) is 5.92 Å². The largest absolute Gasteiger partial charge is 0.481 e. The van der Waals surface area contributed by atoms with Crippen molar-refractivity contribution >= 4 is 11.7 Å². The predicted molar refractivity (Wildman–Crippen MR) is 115 cm³/mol. The second-order valence-corrected chi connectivity index (χ2v) is 10.1. The third kappa shape index (κ3) is 4.31. The highest BCUT2D eigenvalue weighted by Crippen LogP contribution is 2.50. The minimum Gasteiger partial charge on any atom is -0.481 e. The molecule has 3 aliphatic rings. The molecule has 4 rings (SSSR count). The Morgan fingerprint density at radius 3 is 2.41 bits per heavy atom. The summed E-state index contributed by atoms with van der Waals surface area (Å²) in [6, 6.07) is 9.45. The van der Waals surface area contributed by atoms with Gasteiger partial charge in [-0.15, -0.1) is 0 Å². The third-order valence-corrected chi connectivity index (χ3v) is 7.15. The Balaban J connectivity index is 1.61. The summed E-state index contributed by atoms with van der Waals surface area (Å²) in [5.41, 5.74) is 2.19. The molecule has 0 spiro atoms. The number of fused-ring (bicyclic) bond motifs is 1. The van der Waals surface area contributed by atoms with Crippen LogP contribution in [-0.2, 0) is 9.53 Å². The molecule has 0 aromatic heterocycles. The number of carboxylic acids is 1. The maximum Gasteiger partial charge on any atom is 0.308 e. The summed E-state index contributed by atoms with van der Waals surface area (Å²) in [4.78, 5) is 14.8. The maximum absolute atomic E-state index is 12.3. The molecule has 0 radical (unpaired) electrons. The molecule has 5 nitrogen and oxygen atoms in total. The van der Waals surface area contributed by atoms with E-state index in [0.717, 1.165) is 43.7 Å². The first-order chi connectivity index (χ1) is 13.8. The molecule has 3 fully saturated rings. The number of nitrogens with one attached hydrogen (secondary N) is 1. The van der Waals surface area contributed by atoms with Crippen molar-refractivity contribution in [2.45, 2.75) is 83.0 Å². The van der Waals surface area contributed by atoms with E-state index in [1.54, 1.807) is 0 Å². The van der Waals surface area contributed by atoms with Crippen LogP contribution in [0.1, 0.15) is 70.9 Å². The van der Waals surface area contributed by atoms with Gasteiger partial charge in [-0.2, -0.15) is 0 Å². The van der Waals surface area contributed by atoms with Crippen LogP contribution in [0.4, 0.5) is 5.69 Å². The van der Waals surface area contributed by atoms with Crippen LogP contribution in [0, 0.1) is 11.8 Å². The van der Waals surface area contributed by atoms with Gasteiger partial charge in [0.2, 0.25) is 0 Å². The smallest absolute Gasteiger partial charge is 0.308 e. The number of ether oxygens (including phenoxy) is 1. The number of likely N-dealkylation sites (tertiary alicyclic amines) is 1. The van der Waals surface area contributed by atoms with E-state index in [2.05, 4.69) is 55.3 Å². The predicted octanol–water partition coefficient (Wildman–Crippen LogP) is 4.69. The zero-order chi connectivity index (χ0) is 20.6. The van der Waals surface area contributed by atoms with Gasteiger partial charge < -0.3 is 15.2 Å². The van der Waals surface area contributed by atoms with Gasteiger partial charge in [0.25, 0.3) is 0 Å². The number of nitrogens with zero attached hydrogens (tertiary/aromatic N) is 1. The summed E-state index contributed by atoms with van der Waals surface area (Å²) in [7, 11) is 0. The average molecular weight is 401 g/mol. The highest BCUT2D eigenvalue weighted by Gasteiger charge is 2.51. The molecule has 29 heavy (non-hydrogen) atoms. The number of benzene rings is 1. The van der Waals surface area contributed by atoms with Crippen molar-refractivity contribution < 1.29 is 14.6 Å². The fraction of sp³-hybridized carbons (Fsp3) is 0.708. The minimum atomic E-state index is -0.654. The van der Waals surface area contributed by atoms with Crippen molar-refractivity contribution in [2.75, 3.05) is 18.5 Å². The Bertz CT molecular complexity index is 706.